The van der Waals surface area contributed by atoms with Crippen molar-refractivity contribution < 1.29 is 0 Å². The molecule has 0 aliphatic carbocycles. The molecule has 6 nitrogen and oxygen atoms in total. The number of nitrogen functional groups attached to an aromatic ring is 1. The van der Waals surface area contributed by atoms with E-state index in [4.69, 9.17) is 5.73 Å². The molecule has 0 radical (unpaired) electrons. The Balaban J connectivity index is 1.92. The lowest BCUT2D eigenvalue weighted by Crippen LogP contribution is -2.32. The first-order valence-corrected chi connectivity index (χ1v) is 5.98. The number of hydrogen-bond donors (Lipinski definition) is 2. The fourth-order valence-electron chi connectivity index (χ4n) is 2.16. The van der Waals surface area contributed by atoms with Gasteiger partial charge in [-0.25, -0.2) is 4.79 Å². The Morgan fingerprint density at radius 3 is 2.65 bits per heavy atom. The molecule has 1 saturated heterocycles. The van der Waals surface area contributed by atoms with Gasteiger partial charge in [-0.05, 0) is 38.9 Å². The van der Waals surface area contributed by atoms with Gasteiger partial charge >= 0.3 is 5.69 Å². The molecule has 0 saturated carbocycles. The van der Waals surface area contributed by atoms with Crippen LogP contribution < -0.4 is 17.0 Å². The lowest BCUT2D eigenvalue weighted by molar-refractivity contribution is 0.324. The smallest absolute Gasteiger partial charge is 0.328 e. The van der Waals surface area contributed by atoms with E-state index in [1.54, 1.807) is 0 Å². The molecule has 0 atom stereocenters. The Labute approximate surface area is 99.1 Å². The number of aryl methyl sites for hydroxylation is 1. The molecule has 6 heteroatoms. The molecule has 17 heavy (non-hydrogen) atoms. The Hall–Kier alpha value is -1.56. The van der Waals surface area contributed by atoms with Gasteiger partial charge in [-0.3, -0.25) is 14.3 Å². The van der Waals surface area contributed by atoms with Crippen molar-refractivity contribution in [2.45, 2.75) is 25.8 Å². The van der Waals surface area contributed by atoms with Crippen LogP contribution in [0.15, 0.2) is 15.8 Å². The second kappa shape index (κ2) is 5.18. The molecular formula is C11H18N4O2. The number of H-pyrrole nitrogens is 1. The van der Waals surface area contributed by atoms with Crippen molar-refractivity contribution >= 4 is 5.69 Å². The Kier molecular flexibility index (Phi) is 3.63. The summed E-state index contributed by atoms with van der Waals surface area (Å²) in [5.41, 5.74) is 4.67. The van der Waals surface area contributed by atoms with E-state index in [1.165, 1.54) is 23.6 Å². The van der Waals surface area contributed by atoms with Gasteiger partial charge in [-0.15, -0.1) is 0 Å². The van der Waals surface area contributed by atoms with Crippen LogP contribution in [0.25, 0.3) is 0 Å². The first kappa shape index (κ1) is 11.9. The SMILES string of the molecule is Nc1cn(CCCN2CCCC2)c(=O)[nH]c1=O. The predicted molar refractivity (Wildman–Crippen MR) is 66.0 cm³/mol. The second-order valence-corrected chi connectivity index (χ2v) is 4.44. The molecule has 0 amide bonds. The molecule has 1 aliphatic heterocycles. The number of hydrogen-bond acceptors (Lipinski definition) is 4. The summed E-state index contributed by atoms with van der Waals surface area (Å²) in [5, 5.41) is 0. The zero-order valence-corrected chi connectivity index (χ0v) is 9.82. The normalized spacial score (nSPS) is 16.5. The van der Waals surface area contributed by atoms with Crippen LogP contribution in [0, 0.1) is 0 Å². The van der Waals surface area contributed by atoms with E-state index < -0.39 is 5.56 Å². The summed E-state index contributed by atoms with van der Waals surface area (Å²) in [5.74, 6) is 0. The largest absolute Gasteiger partial charge is 0.393 e. The summed E-state index contributed by atoms with van der Waals surface area (Å²) in [6, 6.07) is 0. The molecule has 94 valence electrons. The average molecular weight is 238 g/mol. The lowest BCUT2D eigenvalue weighted by Gasteiger charge is -2.14. The van der Waals surface area contributed by atoms with E-state index in [9.17, 15) is 9.59 Å². The van der Waals surface area contributed by atoms with Gasteiger partial charge in [-0.2, -0.15) is 0 Å². The van der Waals surface area contributed by atoms with Gasteiger partial charge in [0.05, 0.1) is 0 Å². The summed E-state index contributed by atoms with van der Waals surface area (Å²) in [7, 11) is 0. The number of rotatable bonds is 4. The van der Waals surface area contributed by atoms with Crippen molar-refractivity contribution in [1.29, 1.82) is 0 Å². The number of nitrogens with zero attached hydrogens (tertiary/aromatic N) is 2. The summed E-state index contributed by atoms with van der Waals surface area (Å²) < 4.78 is 1.47. The highest BCUT2D eigenvalue weighted by Gasteiger charge is 2.10. The zero-order valence-electron chi connectivity index (χ0n) is 9.82. The van der Waals surface area contributed by atoms with E-state index in [1.807, 2.05) is 0 Å². The summed E-state index contributed by atoms with van der Waals surface area (Å²) in [6.07, 6.45) is 4.85. The van der Waals surface area contributed by atoms with Crippen LogP contribution in [0.1, 0.15) is 19.3 Å². The molecule has 1 aromatic heterocycles. The number of aromatic nitrogens is 2. The third-order valence-corrected chi connectivity index (χ3v) is 3.11. The van der Waals surface area contributed by atoms with Crippen LogP contribution in [-0.2, 0) is 6.54 Å². The number of anilines is 1. The first-order chi connectivity index (χ1) is 8.16. The summed E-state index contributed by atoms with van der Waals surface area (Å²) in [4.78, 5) is 27.1. The molecule has 1 fully saturated rings. The quantitative estimate of drug-likeness (QED) is 0.748. The van der Waals surface area contributed by atoms with E-state index in [0.29, 0.717) is 6.54 Å². The van der Waals surface area contributed by atoms with Gasteiger partial charge in [0, 0.05) is 12.7 Å². The highest BCUT2D eigenvalue weighted by atomic mass is 16.2. The monoisotopic (exact) mass is 238 g/mol. The molecular weight excluding hydrogens is 220 g/mol. The third-order valence-electron chi connectivity index (χ3n) is 3.11. The van der Waals surface area contributed by atoms with Gasteiger partial charge in [-0.1, -0.05) is 0 Å². The second-order valence-electron chi connectivity index (χ2n) is 4.44. The highest BCUT2D eigenvalue weighted by Crippen LogP contribution is 2.07. The predicted octanol–water partition coefficient (Wildman–Crippen LogP) is -0.395. The number of nitrogens with two attached hydrogens (primary N) is 1. The Morgan fingerprint density at radius 1 is 1.24 bits per heavy atom. The fourth-order valence-corrected chi connectivity index (χ4v) is 2.16. The van der Waals surface area contributed by atoms with Gasteiger partial charge in [0.2, 0.25) is 0 Å². The molecule has 0 aromatic carbocycles. The molecule has 1 aliphatic rings. The van der Waals surface area contributed by atoms with E-state index in [-0.39, 0.29) is 11.4 Å². The molecule has 2 heterocycles. The van der Waals surface area contributed by atoms with Gasteiger partial charge in [0.25, 0.3) is 5.56 Å². The van der Waals surface area contributed by atoms with Crippen molar-refractivity contribution in [3.05, 3.63) is 27.0 Å². The molecule has 1 aromatic rings. The van der Waals surface area contributed by atoms with Gasteiger partial charge in [0.15, 0.2) is 0 Å². The Morgan fingerprint density at radius 2 is 1.94 bits per heavy atom. The highest BCUT2D eigenvalue weighted by molar-refractivity contribution is 5.30. The number of likely N-dealkylation sites (tertiary alicyclic amines) is 1. The molecule has 0 spiro atoms. The van der Waals surface area contributed by atoms with Crippen LogP contribution in [0.3, 0.4) is 0 Å². The van der Waals surface area contributed by atoms with Crippen LogP contribution in [0.5, 0.6) is 0 Å². The number of aromatic amines is 1. The van der Waals surface area contributed by atoms with Crippen molar-refractivity contribution in [2.75, 3.05) is 25.4 Å². The van der Waals surface area contributed by atoms with E-state index >= 15 is 0 Å². The molecule has 0 bridgehead atoms. The summed E-state index contributed by atoms with van der Waals surface area (Å²) >= 11 is 0. The first-order valence-electron chi connectivity index (χ1n) is 5.98. The van der Waals surface area contributed by atoms with Crippen molar-refractivity contribution in [2.24, 2.45) is 0 Å². The van der Waals surface area contributed by atoms with Crippen LogP contribution in [-0.4, -0.2) is 34.1 Å². The van der Waals surface area contributed by atoms with E-state index in [0.717, 1.165) is 26.1 Å². The standard InChI is InChI=1S/C11H18N4O2/c12-9-8-15(11(17)13-10(9)16)7-3-6-14-4-1-2-5-14/h8H,1-7,12H2,(H,13,16,17). The Bertz CT molecular complexity index is 485. The lowest BCUT2D eigenvalue weighted by atomic mass is 10.4. The minimum atomic E-state index is -0.509. The minimum Gasteiger partial charge on any atom is -0.393 e. The molecule has 3 N–H and O–H groups in total. The van der Waals surface area contributed by atoms with Crippen LogP contribution >= 0.6 is 0 Å². The molecule has 2 rings (SSSR count). The fraction of sp³-hybridized carbons (Fsp3) is 0.636. The molecule has 0 unspecified atom stereocenters. The van der Waals surface area contributed by atoms with E-state index in [2.05, 4.69) is 9.88 Å². The minimum absolute atomic E-state index is 0.0887. The maximum Gasteiger partial charge on any atom is 0.328 e. The van der Waals surface area contributed by atoms with Gasteiger partial charge in [0.1, 0.15) is 5.69 Å². The third kappa shape index (κ3) is 2.97. The topological polar surface area (TPSA) is 84.1 Å². The van der Waals surface area contributed by atoms with Crippen LogP contribution in [0.4, 0.5) is 5.69 Å². The maximum atomic E-state index is 11.5. The van der Waals surface area contributed by atoms with Crippen molar-refractivity contribution in [3.63, 3.8) is 0 Å². The number of nitrogens with one attached hydrogen (secondary N) is 1. The van der Waals surface area contributed by atoms with Gasteiger partial charge < -0.3 is 10.6 Å². The van der Waals surface area contributed by atoms with Crippen molar-refractivity contribution in [1.82, 2.24) is 14.5 Å². The zero-order chi connectivity index (χ0) is 12.3. The average Bonchev–Trinajstić information content (AvgIpc) is 2.78. The van der Waals surface area contributed by atoms with Crippen LogP contribution in [0.2, 0.25) is 0 Å². The summed E-state index contributed by atoms with van der Waals surface area (Å²) in [6.45, 7) is 3.90. The van der Waals surface area contributed by atoms with Crippen molar-refractivity contribution in [3.8, 4) is 0 Å². The maximum absolute atomic E-state index is 11.5.